The van der Waals surface area contributed by atoms with Gasteiger partial charge in [-0.15, -0.1) is 0 Å². The molecule has 0 spiro atoms. The molecule has 0 aromatic heterocycles. The van der Waals surface area contributed by atoms with Crippen molar-refractivity contribution in [3.63, 3.8) is 0 Å². The third-order valence-corrected chi connectivity index (χ3v) is 4.88. The van der Waals surface area contributed by atoms with E-state index in [0.29, 0.717) is 17.8 Å². The van der Waals surface area contributed by atoms with E-state index in [0.717, 1.165) is 17.7 Å². The summed E-state index contributed by atoms with van der Waals surface area (Å²) in [6, 6.07) is 14.7. The van der Waals surface area contributed by atoms with E-state index in [2.05, 4.69) is 6.58 Å². The first-order chi connectivity index (χ1) is 11.6. The molecule has 4 heteroatoms. The van der Waals surface area contributed by atoms with Crippen LogP contribution in [-0.2, 0) is 11.2 Å². The molecule has 2 heterocycles. The molecule has 0 bridgehead atoms. The van der Waals surface area contributed by atoms with Crippen molar-refractivity contribution in [3.8, 4) is 0 Å². The molecule has 0 aliphatic carbocycles. The van der Waals surface area contributed by atoms with Gasteiger partial charge < -0.3 is 4.90 Å². The summed E-state index contributed by atoms with van der Waals surface area (Å²) in [5, 5.41) is 0. The van der Waals surface area contributed by atoms with Crippen LogP contribution in [0.15, 0.2) is 55.1 Å². The highest BCUT2D eigenvalue weighted by atomic mass is 16.2. The van der Waals surface area contributed by atoms with Crippen molar-refractivity contribution < 1.29 is 9.59 Å². The maximum Gasteiger partial charge on any atom is 0.259 e. The van der Waals surface area contributed by atoms with Gasteiger partial charge in [0.2, 0.25) is 5.91 Å². The number of para-hydroxylation sites is 1. The zero-order chi connectivity index (χ0) is 16.8. The molecule has 4 nitrogen and oxygen atoms in total. The normalized spacial score (nSPS) is 17.0. The third kappa shape index (κ3) is 1.99. The molecule has 0 unspecified atom stereocenters. The summed E-state index contributed by atoms with van der Waals surface area (Å²) in [4.78, 5) is 29.0. The Labute approximate surface area is 141 Å². The van der Waals surface area contributed by atoms with Crippen LogP contribution in [0.3, 0.4) is 0 Å². The van der Waals surface area contributed by atoms with Crippen molar-refractivity contribution in [1.82, 2.24) is 4.90 Å². The van der Waals surface area contributed by atoms with Gasteiger partial charge in [-0.3, -0.25) is 14.5 Å². The van der Waals surface area contributed by atoms with Gasteiger partial charge in [-0.05, 0) is 31.0 Å². The molecular formula is C20H18N2O2. The predicted molar refractivity (Wildman–Crippen MR) is 93.6 cm³/mol. The summed E-state index contributed by atoms with van der Waals surface area (Å²) >= 11 is 0. The molecule has 0 saturated carbocycles. The van der Waals surface area contributed by atoms with Gasteiger partial charge in [-0.25, -0.2) is 0 Å². The largest absolute Gasteiger partial charge is 0.310 e. The van der Waals surface area contributed by atoms with Crippen molar-refractivity contribution in [2.45, 2.75) is 19.4 Å². The fourth-order valence-electron chi connectivity index (χ4n) is 3.62. The van der Waals surface area contributed by atoms with Crippen molar-refractivity contribution in [1.29, 1.82) is 0 Å². The van der Waals surface area contributed by atoms with E-state index in [-0.39, 0.29) is 11.8 Å². The summed E-state index contributed by atoms with van der Waals surface area (Å²) in [5.74, 6) is -0.216. The molecule has 0 N–H and O–H groups in total. The monoisotopic (exact) mass is 318 g/mol. The highest BCUT2D eigenvalue weighted by molar-refractivity contribution is 6.12. The van der Waals surface area contributed by atoms with E-state index in [1.165, 1.54) is 10.5 Å². The Bertz CT molecular complexity index is 836. The molecular weight excluding hydrogens is 300 g/mol. The van der Waals surface area contributed by atoms with Crippen molar-refractivity contribution >= 4 is 23.2 Å². The van der Waals surface area contributed by atoms with E-state index in [1.54, 1.807) is 17.9 Å². The smallest absolute Gasteiger partial charge is 0.259 e. The molecule has 24 heavy (non-hydrogen) atoms. The van der Waals surface area contributed by atoms with Crippen molar-refractivity contribution in [2.24, 2.45) is 0 Å². The van der Waals surface area contributed by atoms with Gasteiger partial charge in [0.15, 0.2) is 0 Å². The summed E-state index contributed by atoms with van der Waals surface area (Å²) in [5.41, 5.74) is 4.15. The lowest BCUT2D eigenvalue weighted by Crippen LogP contribution is -2.46. The topological polar surface area (TPSA) is 40.6 Å². The lowest BCUT2D eigenvalue weighted by atomic mass is 10.1. The van der Waals surface area contributed by atoms with E-state index in [4.69, 9.17) is 0 Å². The van der Waals surface area contributed by atoms with Gasteiger partial charge in [0, 0.05) is 29.1 Å². The number of nitrogens with zero attached hydrogens (tertiary/aromatic N) is 2. The minimum atomic E-state index is -0.580. The number of amides is 2. The van der Waals surface area contributed by atoms with Crippen LogP contribution in [-0.4, -0.2) is 29.3 Å². The van der Waals surface area contributed by atoms with Crippen LogP contribution in [0, 0.1) is 0 Å². The van der Waals surface area contributed by atoms with Crippen LogP contribution < -0.4 is 4.90 Å². The lowest BCUT2D eigenvalue weighted by Gasteiger charge is -2.29. The number of anilines is 1. The molecule has 2 amide bonds. The first kappa shape index (κ1) is 14.7. The molecule has 2 aliphatic rings. The van der Waals surface area contributed by atoms with E-state index in [1.807, 2.05) is 42.5 Å². The van der Waals surface area contributed by atoms with Gasteiger partial charge in [-0.2, -0.15) is 0 Å². The van der Waals surface area contributed by atoms with Crippen LogP contribution in [0.4, 0.5) is 5.69 Å². The van der Waals surface area contributed by atoms with Crippen LogP contribution in [0.2, 0.25) is 0 Å². The second kappa shape index (κ2) is 5.34. The van der Waals surface area contributed by atoms with Gasteiger partial charge in [0.1, 0.15) is 6.04 Å². The van der Waals surface area contributed by atoms with E-state index >= 15 is 0 Å². The lowest BCUT2D eigenvalue weighted by molar-refractivity contribution is -0.121. The van der Waals surface area contributed by atoms with Crippen LogP contribution in [0.25, 0.3) is 5.70 Å². The van der Waals surface area contributed by atoms with Gasteiger partial charge in [0.05, 0.1) is 0 Å². The molecule has 0 saturated heterocycles. The van der Waals surface area contributed by atoms with Crippen molar-refractivity contribution in [2.75, 3.05) is 11.4 Å². The van der Waals surface area contributed by atoms with E-state index in [9.17, 15) is 9.59 Å². The number of carbonyl (C=O) groups is 2. The van der Waals surface area contributed by atoms with Gasteiger partial charge in [0.25, 0.3) is 5.91 Å². The average molecular weight is 318 g/mol. The summed E-state index contributed by atoms with van der Waals surface area (Å²) in [7, 11) is 0. The minimum Gasteiger partial charge on any atom is -0.310 e. The number of fused-ring (bicyclic) bond motifs is 2. The minimum absolute atomic E-state index is 0.0674. The highest BCUT2D eigenvalue weighted by Crippen LogP contribution is 2.35. The molecule has 1 atom stereocenters. The Morgan fingerprint density at radius 1 is 1.08 bits per heavy atom. The number of rotatable bonds is 2. The fraction of sp³-hybridized carbons (Fsp3) is 0.200. The van der Waals surface area contributed by atoms with Crippen LogP contribution in [0.1, 0.15) is 28.4 Å². The van der Waals surface area contributed by atoms with E-state index < -0.39 is 6.04 Å². The maximum absolute atomic E-state index is 13.0. The zero-order valence-corrected chi connectivity index (χ0v) is 13.5. The second-order valence-electron chi connectivity index (χ2n) is 6.21. The SMILES string of the molecule is C=C1c2ccccc2C(=O)N1[C@H](C)C(=O)N1CCc2ccccc21. The number of benzene rings is 2. The quantitative estimate of drug-likeness (QED) is 0.854. The molecule has 2 aromatic rings. The summed E-state index contributed by atoms with van der Waals surface area (Å²) < 4.78 is 0. The fourth-order valence-corrected chi connectivity index (χ4v) is 3.62. The molecule has 4 rings (SSSR count). The molecule has 2 aromatic carbocycles. The Balaban J connectivity index is 1.64. The molecule has 0 fully saturated rings. The Morgan fingerprint density at radius 3 is 2.50 bits per heavy atom. The number of carbonyl (C=O) groups excluding carboxylic acids is 2. The van der Waals surface area contributed by atoms with Crippen LogP contribution >= 0.6 is 0 Å². The number of hydrogen-bond acceptors (Lipinski definition) is 2. The summed E-state index contributed by atoms with van der Waals surface area (Å²) in [6.07, 6.45) is 0.851. The maximum atomic E-state index is 13.0. The van der Waals surface area contributed by atoms with Crippen LogP contribution in [0.5, 0.6) is 0 Å². The van der Waals surface area contributed by atoms with Gasteiger partial charge in [-0.1, -0.05) is 43.0 Å². The average Bonchev–Trinajstić information content (AvgIpc) is 3.14. The molecule has 120 valence electrons. The number of hydrogen-bond donors (Lipinski definition) is 0. The Hall–Kier alpha value is -2.88. The predicted octanol–water partition coefficient (Wildman–Crippen LogP) is 3.09. The first-order valence-corrected chi connectivity index (χ1v) is 8.10. The molecule has 2 aliphatic heterocycles. The Kier molecular flexibility index (Phi) is 3.27. The standard InChI is InChI=1S/C20H18N2O2/c1-13-16-8-4-5-9-17(16)20(24)22(13)14(2)19(23)21-12-11-15-7-3-6-10-18(15)21/h3-10,14H,1,11-12H2,2H3/t14-/m1/s1. The van der Waals surface area contributed by atoms with Gasteiger partial charge >= 0.3 is 0 Å². The third-order valence-electron chi connectivity index (χ3n) is 4.88. The Morgan fingerprint density at radius 2 is 1.75 bits per heavy atom. The zero-order valence-electron chi connectivity index (χ0n) is 13.5. The summed E-state index contributed by atoms with van der Waals surface area (Å²) in [6.45, 7) is 6.47. The second-order valence-corrected chi connectivity index (χ2v) is 6.21. The van der Waals surface area contributed by atoms with Crippen molar-refractivity contribution in [3.05, 3.63) is 71.8 Å². The molecule has 0 radical (unpaired) electrons. The highest BCUT2D eigenvalue weighted by Gasteiger charge is 2.39. The first-order valence-electron chi connectivity index (χ1n) is 8.10.